The summed E-state index contributed by atoms with van der Waals surface area (Å²) < 4.78 is 19.0. The van der Waals surface area contributed by atoms with Crippen molar-refractivity contribution in [3.8, 4) is 0 Å². The van der Waals surface area contributed by atoms with Crippen LogP contribution in [0.5, 0.6) is 0 Å². The fourth-order valence-corrected chi connectivity index (χ4v) is 2.06. The molecule has 2 aromatic rings. The Morgan fingerprint density at radius 2 is 2.05 bits per heavy atom. The molecule has 6 heteroatoms. The molecule has 0 aliphatic rings. The van der Waals surface area contributed by atoms with Gasteiger partial charge in [-0.15, -0.1) is 0 Å². The number of halogens is 2. The molecule has 0 amide bonds. The van der Waals surface area contributed by atoms with Gasteiger partial charge in [0, 0.05) is 31.8 Å². The van der Waals surface area contributed by atoms with E-state index in [0.29, 0.717) is 42.1 Å². The number of anilines is 1. The third-order valence-electron chi connectivity index (χ3n) is 2.92. The predicted molar refractivity (Wildman–Crippen MR) is 80.9 cm³/mol. The lowest BCUT2D eigenvalue weighted by Gasteiger charge is -2.19. The third kappa shape index (κ3) is 4.37. The van der Waals surface area contributed by atoms with Crippen LogP contribution in [0.15, 0.2) is 30.3 Å². The Balaban J connectivity index is 2.16. The van der Waals surface area contributed by atoms with E-state index in [4.69, 9.17) is 16.3 Å². The maximum absolute atomic E-state index is 13.7. The zero-order valence-corrected chi connectivity index (χ0v) is 12.8. The van der Waals surface area contributed by atoms with Gasteiger partial charge in [0.2, 0.25) is 0 Å². The highest BCUT2D eigenvalue weighted by Gasteiger charge is 2.10. The number of benzene rings is 1. The first-order valence-corrected chi connectivity index (χ1v) is 7.03. The van der Waals surface area contributed by atoms with Crippen molar-refractivity contribution < 1.29 is 9.13 Å². The Labute approximate surface area is 128 Å². The summed E-state index contributed by atoms with van der Waals surface area (Å²) in [5, 5.41) is 0.343. The van der Waals surface area contributed by atoms with Crippen LogP contribution in [0.3, 0.4) is 0 Å². The fraction of sp³-hybridized carbons (Fsp3) is 0.333. The minimum Gasteiger partial charge on any atom is -0.374 e. The van der Waals surface area contributed by atoms with Crippen LogP contribution in [0.2, 0.25) is 5.15 Å². The summed E-state index contributed by atoms with van der Waals surface area (Å²) in [6.45, 7) is 3.18. The van der Waals surface area contributed by atoms with Crippen molar-refractivity contribution in [2.24, 2.45) is 0 Å². The molecule has 1 heterocycles. The fourth-order valence-electron chi connectivity index (χ4n) is 1.87. The highest BCUT2D eigenvalue weighted by atomic mass is 35.5. The van der Waals surface area contributed by atoms with E-state index in [2.05, 4.69) is 9.97 Å². The van der Waals surface area contributed by atoms with Crippen molar-refractivity contribution in [1.82, 2.24) is 9.97 Å². The zero-order chi connectivity index (χ0) is 15.2. The van der Waals surface area contributed by atoms with Gasteiger partial charge in [-0.1, -0.05) is 29.8 Å². The molecule has 112 valence electrons. The normalized spacial score (nSPS) is 10.7. The van der Waals surface area contributed by atoms with E-state index in [-0.39, 0.29) is 5.82 Å². The summed E-state index contributed by atoms with van der Waals surface area (Å²) in [4.78, 5) is 10.3. The molecular formula is C15H17ClFN3O. The van der Waals surface area contributed by atoms with Gasteiger partial charge < -0.3 is 9.64 Å². The maximum atomic E-state index is 13.7. The van der Waals surface area contributed by atoms with Gasteiger partial charge >= 0.3 is 0 Å². The van der Waals surface area contributed by atoms with Gasteiger partial charge in [-0.2, -0.15) is 0 Å². The first-order valence-electron chi connectivity index (χ1n) is 6.66. The van der Waals surface area contributed by atoms with Crippen molar-refractivity contribution in [3.63, 3.8) is 0 Å². The summed E-state index contributed by atoms with van der Waals surface area (Å²) >= 11 is 6.00. The smallest absolute Gasteiger partial charge is 0.158 e. The van der Waals surface area contributed by atoms with Crippen molar-refractivity contribution >= 4 is 17.4 Å². The van der Waals surface area contributed by atoms with E-state index in [1.165, 1.54) is 6.07 Å². The maximum Gasteiger partial charge on any atom is 0.158 e. The van der Waals surface area contributed by atoms with E-state index < -0.39 is 0 Å². The van der Waals surface area contributed by atoms with Gasteiger partial charge in [0.25, 0.3) is 0 Å². The standard InChI is InChI=1S/C15H17ClFN3O/c1-3-21-10-14-18-13(16)8-15(19-14)20(2)9-11-6-4-5-7-12(11)17/h4-8H,3,9-10H2,1-2H3. The Bertz CT molecular complexity index is 609. The molecule has 0 fully saturated rings. The monoisotopic (exact) mass is 309 g/mol. The Morgan fingerprint density at radius 3 is 2.76 bits per heavy atom. The Hall–Kier alpha value is -1.72. The van der Waals surface area contributed by atoms with Crippen molar-refractivity contribution in [2.45, 2.75) is 20.1 Å². The summed E-state index contributed by atoms with van der Waals surface area (Å²) in [5.74, 6) is 0.909. The summed E-state index contributed by atoms with van der Waals surface area (Å²) in [6.07, 6.45) is 0. The molecule has 1 aromatic carbocycles. The number of hydrogen-bond acceptors (Lipinski definition) is 4. The molecule has 0 saturated heterocycles. The van der Waals surface area contributed by atoms with Gasteiger partial charge in [0.1, 0.15) is 23.4 Å². The van der Waals surface area contributed by atoms with E-state index in [1.807, 2.05) is 18.9 Å². The molecule has 0 radical (unpaired) electrons. The van der Waals surface area contributed by atoms with Crippen LogP contribution >= 0.6 is 11.6 Å². The molecular weight excluding hydrogens is 293 g/mol. The number of nitrogens with zero attached hydrogens (tertiary/aromatic N) is 3. The van der Waals surface area contributed by atoms with E-state index in [9.17, 15) is 4.39 Å². The average Bonchev–Trinajstić information content (AvgIpc) is 2.47. The number of aromatic nitrogens is 2. The van der Waals surface area contributed by atoms with Gasteiger partial charge in [-0.05, 0) is 13.0 Å². The lowest BCUT2D eigenvalue weighted by atomic mass is 10.2. The average molecular weight is 310 g/mol. The van der Waals surface area contributed by atoms with Gasteiger partial charge in [-0.3, -0.25) is 0 Å². The second kappa shape index (κ2) is 7.33. The molecule has 0 atom stereocenters. The van der Waals surface area contributed by atoms with Crippen LogP contribution in [0, 0.1) is 5.82 Å². The summed E-state index contributed by atoms with van der Waals surface area (Å²) in [6, 6.07) is 8.31. The molecule has 0 unspecified atom stereocenters. The molecule has 21 heavy (non-hydrogen) atoms. The molecule has 0 bridgehead atoms. The quantitative estimate of drug-likeness (QED) is 0.766. The number of hydrogen-bond donors (Lipinski definition) is 0. The Morgan fingerprint density at radius 1 is 1.29 bits per heavy atom. The molecule has 1 aromatic heterocycles. The van der Waals surface area contributed by atoms with Crippen LogP contribution in [-0.2, 0) is 17.9 Å². The van der Waals surface area contributed by atoms with Gasteiger partial charge in [0.05, 0.1) is 0 Å². The lowest BCUT2D eigenvalue weighted by Crippen LogP contribution is -2.19. The lowest BCUT2D eigenvalue weighted by molar-refractivity contribution is 0.128. The first kappa shape index (κ1) is 15.7. The summed E-state index contributed by atoms with van der Waals surface area (Å²) in [5.41, 5.74) is 0.598. The van der Waals surface area contributed by atoms with Crippen LogP contribution < -0.4 is 4.90 Å². The highest BCUT2D eigenvalue weighted by molar-refractivity contribution is 6.29. The number of ether oxygens (including phenoxy) is 1. The van der Waals surface area contributed by atoms with Crippen molar-refractivity contribution in [2.75, 3.05) is 18.6 Å². The molecule has 0 aliphatic carbocycles. The molecule has 0 N–H and O–H groups in total. The minimum absolute atomic E-state index is 0.237. The van der Waals surface area contributed by atoms with Crippen LogP contribution in [-0.4, -0.2) is 23.6 Å². The highest BCUT2D eigenvalue weighted by Crippen LogP contribution is 2.18. The topological polar surface area (TPSA) is 38.2 Å². The van der Waals surface area contributed by atoms with Crippen LogP contribution in [0.1, 0.15) is 18.3 Å². The zero-order valence-electron chi connectivity index (χ0n) is 12.0. The van der Waals surface area contributed by atoms with Gasteiger partial charge in [-0.25, -0.2) is 14.4 Å². The van der Waals surface area contributed by atoms with E-state index >= 15 is 0 Å². The molecule has 2 rings (SSSR count). The molecule has 0 saturated carbocycles. The molecule has 0 aliphatic heterocycles. The summed E-state index contributed by atoms with van der Waals surface area (Å²) in [7, 11) is 1.83. The Kier molecular flexibility index (Phi) is 5.47. The van der Waals surface area contributed by atoms with Gasteiger partial charge in [0.15, 0.2) is 5.82 Å². The van der Waals surface area contributed by atoms with Crippen molar-refractivity contribution in [1.29, 1.82) is 0 Å². The molecule has 0 spiro atoms. The molecule has 4 nitrogen and oxygen atoms in total. The largest absolute Gasteiger partial charge is 0.374 e. The third-order valence-corrected chi connectivity index (χ3v) is 3.11. The predicted octanol–water partition coefficient (Wildman–Crippen LogP) is 3.44. The number of rotatable bonds is 6. The van der Waals surface area contributed by atoms with Crippen molar-refractivity contribution in [3.05, 3.63) is 52.7 Å². The second-order valence-corrected chi connectivity index (χ2v) is 4.94. The van der Waals surface area contributed by atoms with E-state index in [1.54, 1.807) is 24.3 Å². The first-order chi connectivity index (χ1) is 10.1. The minimum atomic E-state index is -0.237. The second-order valence-electron chi connectivity index (χ2n) is 4.55. The van der Waals surface area contributed by atoms with E-state index in [0.717, 1.165) is 0 Å². The van der Waals surface area contributed by atoms with Crippen LogP contribution in [0.4, 0.5) is 10.2 Å². The SMILES string of the molecule is CCOCc1nc(Cl)cc(N(C)Cc2ccccc2F)n1. The van der Waals surface area contributed by atoms with Crippen LogP contribution in [0.25, 0.3) is 0 Å².